The van der Waals surface area contributed by atoms with Gasteiger partial charge in [0.05, 0.1) is 0 Å². The van der Waals surface area contributed by atoms with Gasteiger partial charge in [0, 0.05) is 13.1 Å². The van der Waals surface area contributed by atoms with Crippen LogP contribution in [0.1, 0.15) is 110 Å². The van der Waals surface area contributed by atoms with Gasteiger partial charge >= 0.3 is 6.03 Å². The fourth-order valence-corrected chi connectivity index (χ4v) is 2.88. The number of unbranched alkanes of at least 4 members (excludes halogenated alkanes) is 12. The summed E-state index contributed by atoms with van der Waals surface area (Å²) in [6, 6.07) is -0.0189. The van der Waals surface area contributed by atoms with Gasteiger partial charge < -0.3 is 10.6 Å². The largest absolute Gasteiger partial charge is 0.338 e. The van der Waals surface area contributed by atoms with Gasteiger partial charge in [-0.15, -0.1) is 0 Å². The summed E-state index contributed by atoms with van der Waals surface area (Å²) >= 11 is 0. The van der Waals surface area contributed by atoms with E-state index in [0.717, 1.165) is 25.9 Å². The molecule has 0 unspecified atom stereocenters. The number of carbonyl (C=O) groups is 1. The highest BCUT2D eigenvalue weighted by Crippen LogP contribution is 2.09. The van der Waals surface area contributed by atoms with Crippen LogP contribution < -0.4 is 10.6 Å². The molecule has 0 atom stereocenters. The van der Waals surface area contributed by atoms with Crippen molar-refractivity contribution in [1.29, 1.82) is 0 Å². The summed E-state index contributed by atoms with van der Waals surface area (Å²) in [5.41, 5.74) is 0. The molecule has 0 aromatic heterocycles. The lowest BCUT2D eigenvalue weighted by Gasteiger charge is -2.06. The second-order valence-electron chi connectivity index (χ2n) is 7.12. The van der Waals surface area contributed by atoms with Gasteiger partial charge in [0.25, 0.3) is 0 Å². The Balaban J connectivity index is 3.13. The number of hydrogen-bond donors (Lipinski definition) is 2. The molecule has 0 aliphatic heterocycles. The van der Waals surface area contributed by atoms with E-state index in [-0.39, 0.29) is 6.03 Å². The molecule has 0 bridgehead atoms. The van der Waals surface area contributed by atoms with E-state index in [2.05, 4.69) is 36.6 Å². The van der Waals surface area contributed by atoms with Crippen molar-refractivity contribution < 1.29 is 4.79 Å². The van der Waals surface area contributed by atoms with E-state index in [1.807, 2.05) is 0 Å². The zero-order valence-corrected chi connectivity index (χ0v) is 17.1. The van der Waals surface area contributed by atoms with Crippen LogP contribution in [0.15, 0.2) is 12.2 Å². The molecule has 0 aliphatic rings. The third-order valence-electron chi connectivity index (χ3n) is 4.51. The summed E-state index contributed by atoms with van der Waals surface area (Å²) in [6.45, 7) is 5.90. The molecule has 25 heavy (non-hydrogen) atoms. The molecule has 0 aliphatic carbocycles. The number of amides is 2. The fraction of sp³-hybridized carbons (Fsp3) is 0.864. The first-order chi connectivity index (χ1) is 12.3. The Labute approximate surface area is 157 Å². The van der Waals surface area contributed by atoms with Crippen molar-refractivity contribution in [2.75, 3.05) is 13.1 Å². The molecule has 0 fully saturated rings. The van der Waals surface area contributed by atoms with Crippen LogP contribution in [0.5, 0.6) is 0 Å². The van der Waals surface area contributed by atoms with Crippen molar-refractivity contribution in [2.45, 2.75) is 110 Å². The van der Waals surface area contributed by atoms with Gasteiger partial charge in [0.1, 0.15) is 0 Å². The molecule has 0 radical (unpaired) electrons. The van der Waals surface area contributed by atoms with E-state index < -0.39 is 0 Å². The van der Waals surface area contributed by atoms with Gasteiger partial charge in [-0.1, -0.05) is 83.8 Å². The molecule has 0 rings (SSSR count). The maximum absolute atomic E-state index is 11.3. The smallest absolute Gasteiger partial charge is 0.314 e. The van der Waals surface area contributed by atoms with Crippen LogP contribution in [0.25, 0.3) is 0 Å². The average molecular weight is 353 g/mol. The summed E-state index contributed by atoms with van der Waals surface area (Å²) in [5, 5.41) is 5.74. The van der Waals surface area contributed by atoms with Crippen LogP contribution in [-0.2, 0) is 0 Å². The van der Waals surface area contributed by atoms with Gasteiger partial charge in [-0.2, -0.15) is 0 Å². The second kappa shape index (κ2) is 21.1. The van der Waals surface area contributed by atoms with Crippen LogP contribution in [0.3, 0.4) is 0 Å². The number of nitrogens with one attached hydrogen (secondary N) is 2. The minimum Gasteiger partial charge on any atom is -0.338 e. The van der Waals surface area contributed by atoms with Crippen LogP contribution in [0, 0.1) is 0 Å². The van der Waals surface area contributed by atoms with Crippen molar-refractivity contribution in [3.8, 4) is 0 Å². The molecule has 0 aromatic rings. The molecule has 0 saturated carbocycles. The van der Waals surface area contributed by atoms with Crippen molar-refractivity contribution in [3.05, 3.63) is 12.2 Å². The molecule has 0 spiro atoms. The predicted octanol–water partition coefficient (Wildman–Crippen LogP) is 6.73. The zero-order valence-electron chi connectivity index (χ0n) is 17.1. The van der Waals surface area contributed by atoms with Gasteiger partial charge in [-0.05, 0) is 38.5 Å². The minimum atomic E-state index is -0.0189. The molecule has 0 heterocycles. The number of carbonyl (C=O) groups excluding carboxylic acids is 1. The van der Waals surface area contributed by atoms with Crippen LogP contribution in [0.4, 0.5) is 4.79 Å². The van der Waals surface area contributed by atoms with Crippen molar-refractivity contribution in [1.82, 2.24) is 10.6 Å². The van der Waals surface area contributed by atoms with E-state index in [1.165, 1.54) is 83.5 Å². The lowest BCUT2D eigenvalue weighted by Crippen LogP contribution is -2.36. The minimum absolute atomic E-state index is 0.0189. The van der Waals surface area contributed by atoms with Gasteiger partial charge in [-0.25, -0.2) is 4.79 Å². The first-order valence-corrected chi connectivity index (χ1v) is 11.0. The summed E-state index contributed by atoms with van der Waals surface area (Å²) in [5.74, 6) is 0. The molecule has 2 N–H and O–H groups in total. The Kier molecular flexibility index (Phi) is 20.2. The third-order valence-corrected chi connectivity index (χ3v) is 4.51. The highest BCUT2D eigenvalue weighted by molar-refractivity contribution is 5.73. The Morgan fingerprint density at radius 3 is 1.64 bits per heavy atom. The van der Waals surface area contributed by atoms with Crippen LogP contribution in [-0.4, -0.2) is 19.1 Å². The molecule has 0 aromatic carbocycles. The normalized spacial score (nSPS) is 11.1. The maximum Gasteiger partial charge on any atom is 0.314 e. The maximum atomic E-state index is 11.3. The highest BCUT2D eigenvalue weighted by Gasteiger charge is 1.97. The first kappa shape index (κ1) is 24.0. The van der Waals surface area contributed by atoms with Crippen LogP contribution in [0.2, 0.25) is 0 Å². The van der Waals surface area contributed by atoms with Gasteiger partial charge in [0.2, 0.25) is 0 Å². The van der Waals surface area contributed by atoms with Gasteiger partial charge in [0.15, 0.2) is 0 Å². The Hall–Kier alpha value is -0.990. The predicted molar refractivity (Wildman–Crippen MR) is 111 cm³/mol. The molecule has 0 saturated heterocycles. The quantitative estimate of drug-likeness (QED) is 0.208. The lowest BCUT2D eigenvalue weighted by molar-refractivity contribution is 0.240. The van der Waals surface area contributed by atoms with E-state index >= 15 is 0 Å². The lowest BCUT2D eigenvalue weighted by atomic mass is 10.1. The van der Waals surface area contributed by atoms with Crippen molar-refractivity contribution in [3.63, 3.8) is 0 Å². The van der Waals surface area contributed by atoms with E-state index in [9.17, 15) is 4.79 Å². The third kappa shape index (κ3) is 21.0. The summed E-state index contributed by atoms with van der Waals surface area (Å²) in [4.78, 5) is 11.3. The molecule has 3 heteroatoms. The summed E-state index contributed by atoms with van der Waals surface area (Å²) in [6.07, 6.45) is 24.2. The van der Waals surface area contributed by atoms with E-state index in [4.69, 9.17) is 0 Å². The SMILES string of the molecule is CCCCCCCC/C=C\CCCCCCCCNC(=O)NCCC. The molecular formula is C22H44N2O. The fourth-order valence-electron chi connectivity index (χ4n) is 2.88. The average Bonchev–Trinajstić information content (AvgIpc) is 2.62. The number of allylic oxidation sites excluding steroid dienone is 2. The Morgan fingerprint density at radius 2 is 1.08 bits per heavy atom. The Morgan fingerprint density at radius 1 is 0.600 bits per heavy atom. The molecule has 3 nitrogen and oxygen atoms in total. The Bertz CT molecular complexity index is 302. The van der Waals surface area contributed by atoms with E-state index in [1.54, 1.807) is 0 Å². The van der Waals surface area contributed by atoms with Crippen molar-refractivity contribution in [2.24, 2.45) is 0 Å². The molecule has 148 valence electrons. The zero-order chi connectivity index (χ0) is 18.4. The van der Waals surface area contributed by atoms with E-state index in [0.29, 0.717) is 0 Å². The number of hydrogen-bond acceptors (Lipinski definition) is 1. The summed E-state index contributed by atoms with van der Waals surface area (Å²) in [7, 11) is 0. The van der Waals surface area contributed by atoms with Crippen molar-refractivity contribution >= 4 is 6.03 Å². The monoisotopic (exact) mass is 352 g/mol. The molecular weight excluding hydrogens is 308 g/mol. The van der Waals surface area contributed by atoms with Gasteiger partial charge in [-0.3, -0.25) is 0 Å². The number of urea groups is 1. The number of rotatable bonds is 18. The standard InChI is InChI=1S/C22H44N2O/c1-3-5-6-7-8-9-10-11-12-13-14-15-16-17-18-19-21-24-22(25)23-20-4-2/h11-12H,3-10,13-21H2,1-2H3,(H2,23,24,25)/b12-11-. The summed E-state index contributed by atoms with van der Waals surface area (Å²) < 4.78 is 0. The first-order valence-electron chi connectivity index (χ1n) is 11.0. The topological polar surface area (TPSA) is 41.1 Å². The second-order valence-corrected chi connectivity index (χ2v) is 7.12. The molecule has 2 amide bonds. The highest BCUT2D eigenvalue weighted by atomic mass is 16.2. The van der Waals surface area contributed by atoms with Crippen LogP contribution >= 0.6 is 0 Å².